The number of nitrogens with zero attached hydrogens (tertiary/aromatic N) is 1. The fourth-order valence-corrected chi connectivity index (χ4v) is 2.44. The average molecular weight is 337 g/mol. The van der Waals surface area contributed by atoms with Crippen LogP contribution in [-0.4, -0.2) is 29.9 Å². The number of rotatable bonds is 1. The normalized spacial score (nSPS) is 19.8. The first kappa shape index (κ1) is 14.3. The Morgan fingerprint density at radius 3 is 2.63 bits per heavy atom. The second-order valence-electron chi connectivity index (χ2n) is 4.49. The molecule has 1 amide bonds. The largest absolute Gasteiger partial charge is 0.417 e. The first-order valence-electron chi connectivity index (χ1n) is 5.70. The molecular formula is C12H12BrF3N2O. The Bertz CT molecular complexity index is 504. The van der Waals surface area contributed by atoms with E-state index < -0.39 is 17.6 Å². The molecular weight excluding hydrogens is 325 g/mol. The summed E-state index contributed by atoms with van der Waals surface area (Å²) in [6.07, 6.45) is -3.94. The van der Waals surface area contributed by atoms with E-state index in [1.54, 1.807) is 0 Å². The Kier molecular flexibility index (Phi) is 3.87. The van der Waals surface area contributed by atoms with Crippen LogP contribution >= 0.6 is 15.9 Å². The van der Waals surface area contributed by atoms with Crippen LogP contribution in [-0.2, 0) is 6.18 Å². The van der Waals surface area contributed by atoms with Gasteiger partial charge in [0.15, 0.2) is 0 Å². The van der Waals surface area contributed by atoms with Crippen molar-refractivity contribution in [2.24, 2.45) is 5.73 Å². The zero-order valence-corrected chi connectivity index (χ0v) is 11.5. The lowest BCUT2D eigenvalue weighted by atomic mass is 10.1. The molecule has 0 aromatic heterocycles. The lowest BCUT2D eigenvalue weighted by Crippen LogP contribution is -2.33. The van der Waals surface area contributed by atoms with Gasteiger partial charge in [0.25, 0.3) is 5.91 Å². The van der Waals surface area contributed by atoms with Crippen LogP contribution in [0.5, 0.6) is 0 Å². The van der Waals surface area contributed by atoms with Crippen LogP contribution < -0.4 is 5.73 Å². The minimum Gasteiger partial charge on any atom is -0.337 e. The third-order valence-corrected chi connectivity index (χ3v) is 3.52. The predicted molar refractivity (Wildman–Crippen MR) is 67.6 cm³/mol. The minimum atomic E-state index is -4.56. The number of likely N-dealkylation sites (tertiary alicyclic amines) is 1. The molecule has 0 radical (unpaired) electrons. The highest BCUT2D eigenvalue weighted by atomic mass is 79.9. The zero-order valence-electron chi connectivity index (χ0n) is 9.88. The molecule has 1 heterocycles. The van der Waals surface area contributed by atoms with Crippen molar-refractivity contribution in [3.63, 3.8) is 0 Å². The number of hydrogen-bond donors (Lipinski definition) is 1. The number of nitrogens with two attached hydrogens (primary N) is 1. The predicted octanol–water partition coefficient (Wildman–Crippen LogP) is 2.64. The van der Waals surface area contributed by atoms with Crippen LogP contribution in [0.1, 0.15) is 22.3 Å². The van der Waals surface area contributed by atoms with Crippen LogP contribution in [0.4, 0.5) is 13.2 Å². The Balaban J connectivity index is 2.36. The van der Waals surface area contributed by atoms with Crippen molar-refractivity contribution in [2.75, 3.05) is 13.1 Å². The summed E-state index contributed by atoms with van der Waals surface area (Å²) in [5, 5.41) is 0. The third-order valence-electron chi connectivity index (χ3n) is 3.03. The van der Waals surface area contributed by atoms with E-state index in [4.69, 9.17) is 5.73 Å². The van der Waals surface area contributed by atoms with Crippen molar-refractivity contribution in [2.45, 2.75) is 18.6 Å². The number of benzene rings is 1. The summed E-state index contributed by atoms with van der Waals surface area (Å²) in [6, 6.07) is 3.38. The Hall–Kier alpha value is -1.08. The Morgan fingerprint density at radius 1 is 1.42 bits per heavy atom. The van der Waals surface area contributed by atoms with Crippen LogP contribution in [0.15, 0.2) is 22.7 Å². The molecule has 1 atom stereocenters. The molecule has 0 saturated carbocycles. The molecule has 1 aromatic carbocycles. The van der Waals surface area contributed by atoms with E-state index in [0.29, 0.717) is 19.5 Å². The number of alkyl halides is 3. The highest BCUT2D eigenvalue weighted by Gasteiger charge is 2.37. The number of carbonyl (C=O) groups excluding carboxylic acids is 1. The van der Waals surface area contributed by atoms with Crippen molar-refractivity contribution >= 4 is 21.8 Å². The maximum absolute atomic E-state index is 12.9. The molecule has 0 unspecified atom stereocenters. The van der Waals surface area contributed by atoms with E-state index in [0.717, 1.165) is 6.07 Å². The van der Waals surface area contributed by atoms with Crippen molar-refractivity contribution in [1.29, 1.82) is 0 Å². The van der Waals surface area contributed by atoms with Crippen molar-refractivity contribution < 1.29 is 18.0 Å². The zero-order chi connectivity index (χ0) is 14.2. The van der Waals surface area contributed by atoms with Gasteiger partial charge in [0, 0.05) is 23.6 Å². The highest BCUT2D eigenvalue weighted by molar-refractivity contribution is 9.10. The quantitative estimate of drug-likeness (QED) is 0.856. The molecule has 0 spiro atoms. The summed E-state index contributed by atoms with van der Waals surface area (Å²) in [6.45, 7) is 0.694. The van der Waals surface area contributed by atoms with Crippen LogP contribution in [0.25, 0.3) is 0 Å². The van der Waals surface area contributed by atoms with E-state index in [1.807, 2.05) is 0 Å². The molecule has 104 valence electrons. The monoisotopic (exact) mass is 336 g/mol. The summed E-state index contributed by atoms with van der Waals surface area (Å²) in [5.74, 6) is -0.618. The molecule has 2 rings (SSSR count). The SMILES string of the molecule is N[C@H]1CCN(C(=O)c2ccc(Br)cc2C(F)(F)F)C1. The van der Waals surface area contributed by atoms with E-state index in [9.17, 15) is 18.0 Å². The van der Waals surface area contributed by atoms with E-state index >= 15 is 0 Å². The fraction of sp³-hybridized carbons (Fsp3) is 0.417. The lowest BCUT2D eigenvalue weighted by molar-refractivity contribution is -0.138. The second kappa shape index (κ2) is 5.13. The second-order valence-corrected chi connectivity index (χ2v) is 5.40. The number of amides is 1. The van der Waals surface area contributed by atoms with Gasteiger partial charge in [0.1, 0.15) is 0 Å². The van der Waals surface area contributed by atoms with E-state index in [-0.39, 0.29) is 16.1 Å². The van der Waals surface area contributed by atoms with Gasteiger partial charge in [-0.05, 0) is 24.6 Å². The van der Waals surface area contributed by atoms with E-state index in [2.05, 4.69) is 15.9 Å². The third kappa shape index (κ3) is 3.09. The molecule has 1 saturated heterocycles. The number of hydrogen-bond acceptors (Lipinski definition) is 2. The van der Waals surface area contributed by atoms with Gasteiger partial charge in [0.05, 0.1) is 11.1 Å². The van der Waals surface area contributed by atoms with Gasteiger partial charge in [-0.15, -0.1) is 0 Å². The average Bonchev–Trinajstić information content (AvgIpc) is 2.74. The molecule has 0 aliphatic carbocycles. The number of halogens is 4. The first-order chi connectivity index (χ1) is 8.79. The van der Waals surface area contributed by atoms with Gasteiger partial charge in [-0.2, -0.15) is 13.2 Å². The van der Waals surface area contributed by atoms with Crippen molar-refractivity contribution in [3.8, 4) is 0 Å². The summed E-state index contributed by atoms with van der Waals surface area (Å²) >= 11 is 2.99. The maximum atomic E-state index is 12.9. The van der Waals surface area contributed by atoms with Crippen LogP contribution in [0.3, 0.4) is 0 Å². The standard InChI is InChI=1S/C12H12BrF3N2O/c13-7-1-2-9(10(5-7)12(14,15)16)11(19)18-4-3-8(17)6-18/h1-2,5,8H,3-4,6,17H2/t8-/m0/s1. The maximum Gasteiger partial charge on any atom is 0.417 e. The highest BCUT2D eigenvalue weighted by Crippen LogP contribution is 2.34. The van der Waals surface area contributed by atoms with Gasteiger partial charge < -0.3 is 10.6 Å². The van der Waals surface area contributed by atoms with Gasteiger partial charge in [-0.25, -0.2) is 0 Å². The molecule has 1 aliphatic heterocycles. The van der Waals surface area contributed by atoms with Crippen molar-refractivity contribution in [3.05, 3.63) is 33.8 Å². The van der Waals surface area contributed by atoms with E-state index in [1.165, 1.54) is 17.0 Å². The van der Waals surface area contributed by atoms with Gasteiger partial charge in [-0.3, -0.25) is 4.79 Å². The van der Waals surface area contributed by atoms with Crippen molar-refractivity contribution in [1.82, 2.24) is 4.90 Å². The molecule has 3 nitrogen and oxygen atoms in total. The van der Waals surface area contributed by atoms with Gasteiger partial charge in [-0.1, -0.05) is 15.9 Å². The smallest absolute Gasteiger partial charge is 0.337 e. The van der Waals surface area contributed by atoms with Crippen LogP contribution in [0, 0.1) is 0 Å². The van der Waals surface area contributed by atoms with Crippen LogP contribution in [0.2, 0.25) is 0 Å². The topological polar surface area (TPSA) is 46.3 Å². The molecule has 0 bridgehead atoms. The molecule has 1 fully saturated rings. The summed E-state index contributed by atoms with van der Waals surface area (Å²) in [7, 11) is 0. The van der Waals surface area contributed by atoms with Gasteiger partial charge >= 0.3 is 6.18 Å². The lowest BCUT2D eigenvalue weighted by Gasteiger charge is -2.19. The summed E-state index contributed by atoms with van der Waals surface area (Å²) < 4.78 is 39.1. The summed E-state index contributed by atoms with van der Waals surface area (Å²) in [5.41, 5.74) is 4.41. The minimum absolute atomic E-state index is 0.159. The molecule has 2 N–H and O–H groups in total. The first-order valence-corrected chi connectivity index (χ1v) is 6.50. The van der Waals surface area contributed by atoms with Gasteiger partial charge in [0.2, 0.25) is 0 Å². The molecule has 1 aliphatic rings. The Morgan fingerprint density at radius 2 is 2.11 bits per heavy atom. The fourth-order valence-electron chi connectivity index (χ4n) is 2.08. The Labute approximate surface area is 116 Å². The molecule has 1 aromatic rings. The number of carbonyl (C=O) groups is 1. The molecule has 19 heavy (non-hydrogen) atoms. The summed E-state index contributed by atoms with van der Waals surface area (Å²) in [4.78, 5) is 13.5. The molecule has 7 heteroatoms.